The van der Waals surface area contributed by atoms with Crippen molar-refractivity contribution in [2.24, 2.45) is 0 Å². The molecule has 0 spiro atoms. The van der Waals surface area contributed by atoms with Gasteiger partial charge < -0.3 is 10.4 Å². The van der Waals surface area contributed by atoms with Gasteiger partial charge in [0.1, 0.15) is 0 Å². The van der Waals surface area contributed by atoms with Crippen LogP contribution in [0.25, 0.3) is 0 Å². The maximum absolute atomic E-state index is 12.2. The Morgan fingerprint density at radius 1 is 1.08 bits per heavy atom. The van der Waals surface area contributed by atoms with Gasteiger partial charge in [0.05, 0.1) is 11.4 Å². The first-order valence-electron chi connectivity index (χ1n) is 7.50. The molecule has 0 aromatic heterocycles. The van der Waals surface area contributed by atoms with E-state index in [1.165, 1.54) is 31.2 Å². The van der Waals surface area contributed by atoms with Gasteiger partial charge in [-0.15, -0.1) is 0 Å². The Balaban J connectivity index is 2.09. The zero-order valence-corrected chi connectivity index (χ0v) is 15.3. The van der Waals surface area contributed by atoms with Crippen molar-refractivity contribution >= 4 is 33.5 Å². The Kier molecular flexibility index (Phi) is 6.01. The highest BCUT2D eigenvalue weighted by atomic mass is 35.5. The minimum atomic E-state index is -3.93. The van der Waals surface area contributed by atoms with E-state index in [0.717, 1.165) is 0 Å². The van der Waals surface area contributed by atoms with Crippen molar-refractivity contribution in [2.75, 3.05) is 6.54 Å². The van der Waals surface area contributed by atoms with Gasteiger partial charge in [-0.1, -0.05) is 41.9 Å². The van der Waals surface area contributed by atoms with E-state index in [1.54, 1.807) is 30.3 Å². The summed E-state index contributed by atoms with van der Waals surface area (Å²) in [7, 11) is -3.93. The molecule has 3 N–H and O–H groups in total. The summed E-state index contributed by atoms with van der Waals surface area (Å²) in [4.78, 5) is 23.7. The molecule has 0 aliphatic heterocycles. The predicted molar refractivity (Wildman–Crippen MR) is 96.2 cm³/mol. The van der Waals surface area contributed by atoms with Gasteiger partial charge in [-0.2, -0.15) is 0 Å². The molecule has 2 aromatic carbocycles. The molecular formula is C17H17ClN2O5S. The lowest BCUT2D eigenvalue weighted by Gasteiger charge is -2.26. The molecule has 1 amide bonds. The van der Waals surface area contributed by atoms with E-state index in [2.05, 4.69) is 10.0 Å². The Labute approximate surface area is 156 Å². The number of halogens is 1. The number of carbonyl (C=O) groups excluding carboxylic acids is 1. The molecule has 0 bridgehead atoms. The lowest BCUT2D eigenvalue weighted by atomic mass is 9.92. The number of carbonyl (C=O) groups is 2. The fourth-order valence-electron chi connectivity index (χ4n) is 2.20. The van der Waals surface area contributed by atoms with Gasteiger partial charge in [-0.05, 0) is 36.8 Å². The number of benzene rings is 2. The van der Waals surface area contributed by atoms with Crippen LogP contribution in [0.3, 0.4) is 0 Å². The van der Waals surface area contributed by atoms with E-state index < -0.39 is 34.0 Å². The largest absolute Gasteiger partial charge is 0.479 e. The molecule has 0 aliphatic rings. The molecule has 2 aromatic rings. The second-order valence-corrected chi connectivity index (χ2v) is 7.83. The molecule has 26 heavy (non-hydrogen) atoms. The summed E-state index contributed by atoms with van der Waals surface area (Å²) in [5.74, 6) is -2.05. The van der Waals surface area contributed by atoms with Crippen LogP contribution in [0.1, 0.15) is 12.5 Å². The third-order valence-corrected chi connectivity index (χ3v) is 5.38. The van der Waals surface area contributed by atoms with Crippen molar-refractivity contribution in [3.63, 3.8) is 0 Å². The zero-order valence-electron chi connectivity index (χ0n) is 13.8. The van der Waals surface area contributed by atoms with Crippen LogP contribution < -0.4 is 10.0 Å². The Morgan fingerprint density at radius 2 is 1.65 bits per heavy atom. The number of nitrogens with one attached hydrogen (secondary N) is 2. The third-order valence-electron chi connectivity index (χ3n) is 3.71. The monoisotopic (exact) mass is 396 g/mol. The zero-order chi connectivity index (χ0) is 19.4. The quantitative estimate of drug-likeness (QED) is 0.659. The summed E-state index contributed by atoms with van der Waals surface area (Å²) in [5.41, 5.74) is -1.33. The van der Waals surface area contributed by atoms with Crippen LogP contribution in [0.15, 0.2) is 59.5 Å². The van der Waals surface area contributed by atoms with Crippen molar-refractivity contribution in [3.05, 3.63) is 65.2 Å². The molecule has 1 atom stereocenters. The van der Waals surface area contributed by atoms with Gasteiger partial charge >= 0.3 is 5.97 Å². The minimum Gasteiger partial charge on any atom is -0.479 e. The number of rotatable bonds is 7. The standard InChI is InChI=1S/C17H17ClN2O5S/c1-17(16(22)23,12-5-3-2-4-6-12)20-15(21)11-19-26(24,25)14-9-7-13(18)8-10-14/h2-10,19H,11H2,1H3,(H,20,21)(H,22,23). The average molecular weight is 397 g/mol. The van der Waals surface area contributed by atoms with Crippen LogP contribution in [0.2, 0.25) is 5.02 Å². The Hall–Kier alpha value is -2.42. The van der Waals surface area contributed by atoms with Gasteiger partial charge in [0, 0.05) is 5.02 Å². The van der Waals surface area contributed by atoms with Gasteiger partial charge in [-0.3, -0.25) is 4.79 Å². The summed E-state index contributed by atoms with van der Waals surface area (Å²) in [6.07, 6.45) is 0. The highest BCUT2D eigenvalue weighted by Gasteiger charge is 2.36. The molecule has 0 fully saturated rings. The minimum absolute atomic E-state index is 0.0567. The number of carboxylic acids is 1. The number of amides is 1. The van der Waals surface area contributed by atoms with Crippen molar-refractivity contribution in [2.45, 2.75) is 17.4 Å². The van der Waals surface area contributed by atoms with Crippen molar-refractivity contribution in [3.8, 4) is 0 Å². The molecule has 138 valence electrons. The van der Waals surface area contributed by atoms with Crippen LogP contribution >= 0.6 is 11.6 Å². The summed E-state index contributed by atoms with van der Waals surface area (Å²) in [5, 5.41) is 12.2. The first kappa shape index (κ1) is 19.9. The average Bonchev–Trinajstić information content (AvgIpc) is 2.61. The van der Waals surface area contributed by atoms with Crippen LogP contribution in [-0.4, -0.2) is 31.9 Å². The molecule has 0 saturated heterocycles. The highest BCUT2D eigenvalue weighted by molar-refractivity contribution is 7.89. The van der Waals surface area contributed by atoms with Crippen LogP contribution in [0.5, 0.6) is 0 Å². The molecular weight excluding hydrogens is 380 g/mol. The van der Waals surface area contributed by atoms with Crippen molar-refractivity contribution in [1.82, 2.24) is 10.0 Å². The molecule has 0 aliphatic carbocycles. The summed E-state index contributed by atoms with van der Waals surface area (Å²) < 4.78 is 26.5. The topological polar surface area (TPSA) is 113 Å². The molecule has 7 nitrogen and oxygen atoms in total. The third kappa shape index (κ3) is 4.60. The number of aliphatic carboxylic acids is 1. The fraction of sp³-hybridized carbons (Fsp3) is 0.176. The maximum Gasteiger partial charge on any atom is 0.333 e. The summed E-state index contributed by atoms with van der Waals surface area (Å²) in [6, 6.07) is 13.5. The van der Waals surface area contributed by atoms with E-state index in [1.807, 2.05) is 0 Å². The Morgan fingerprint density at radius 3 is 2.19 bits per heavy atom. The van der Waals surface area contributed by atoms with Gasteiger partial charge in [0.25, 0.3) is 0 Å². The summed E-state index contributed by atoms with van der Waals surface area (Å²) in [6.45, 7) is 0.719. The van der Waals surface area contributed by atoms with Gasteiger partial charge in [-0.25, -0.2) is 17.9 Å². The normalized spacial score (nSPS) is 13.6. The van der Waals surface area contributed by atoms with Gasteiger partial charge in [0.15, 0.2) is 5.54 Å². The first-order valence-corrected chi connectivity index (χ1v) is 9.36. The number of carboxylic acid groups (broad SMARTS) is 1. The van der Waals surface area contributed by atoms with Crippen LogP contribution in [0, 0.1) is 0 Å². The van der Waals surface area contributed by atoms with Crippen molar-refractivity contribution < 1.29 is 23.1 Å². The molecule has 0 radical (unpaired) electrons. The van der Waals surface area contributed by atoms with Crippen molar-refractivity contribution in [1.29, 1.82) is 0 Å². The van der Waals surface area contributed by atoms with Crippen LogP contribution in [0.4, 0.5) is 0 Å². The van der Waals surface area contributed by atoms with E-state index in [9.17, 15) is 23.1 Å². The Bertz CT molecular complexity index is 901. The first-order chi connectivity index (χ1) is 12.1. The number of hydrogen-bond acceptors (Lipinski definition) is 4. The van der Waals surface area contributed by atoms with E-state index in [0.29, 0.717) is 10.6 Å². The van der Waals surface area contributed by atoms with Gasteiger partial charge in [0.2, 0.25) is 15.9 Å². The van der Waals surface area contributed by atoms with E-state index in [4.69, 9.17) is 11.6 Å². The SMILES string of the molecule is CC(NC(=O)CNS(=O)(=O)c1ccc(Cl)cc1)(C(=O)O)c1ccccc1. The second kappa shape index (κ2) is 7.86. The fourth-order valence-corrected chi connectivity index (χ4v) is 3.31. The highest BCUT2D eigenvalue weighted by Crippen LogP contribution is 2.21. The predicted octanol–water partition coefficient (Wildman–Crippen LogP) is 1.73. The van der Waals surface area contributed by atoms with Crippen LogP contribution in [-0.2, 0) is 25.2 Å². The maximum atomic E-state index is 12.2. The number of hydrogen-bond donors (Lipinski definition) is 3. The smallest absolute Gasteiger partial charge is 0.333 e. The summed E-state index contributed by atoms with van der Waals surface area (Å²) >= 11 is 5.71. The lowest BCUT2D eigenvalue weighted by Crippen LogP contribution is -2.52. The molecule has 2 rings (SSSR count). The molecule has 0 heterocycles. The number of sulfonamides is 1. The molecule has 9 heteroatoms. The van der Waals surface area contributed by atoms with E-state index in [-0.39, 0.29) is 4.90 Å². The molecule has 1 unspecified atom stereocenters. The lowest BCUT2D eigenvalue weighted by molar-refractivity contribution is -0.147. The second-order valence-electron chi connectivity index (χ2n) is 5.62. The van der Waals surface area contributed by atoms with E-state index >= 15 is 0 Å². The molecule has 0 saturated carbocycles.